The second kappa shape index (κ2) is 6.48. The SMILES string of the molecule is O=C(O)CCCc1c(Cc2ccccc2)[nH]c2ccccc12. The number of rotatable bonds is 6. The third kappa shape index (κ3) is 3.19. The second-order valence-corrected chi connectivity index (χ2v) is 5.54. The summed E-state index contributed by atoms with van der Waals surface area (Å²) >= 11 is 0. The number of hydrogen-bond donors (Lipinski definition) is 2. The summed E-state index contributed by atoms with van der Waals surface area (Å²) in [7, 11) is 0. The minimum absolute atomic E-state index is 0.213. The quantitative estimate of drug-likeness (QED) is 0.716. The van der Waals surface area contributed by atoms with Crippen molar-refractivity contribution >= 4 is 16.9 Å². The van der Waals surface area contributed by atoms with Crippen molar-refractivity contribution in [2.24, 2.45) is 0 Å². The van der Waals surface area contributed by atoms with Gasteiger partial charge in [0, 0.05) is 29.4 Å². The standard InChI is InChI=1S/C19H19NO2/c21-19(22)12-6-10-16-15-9-4-5-11-17(15)20-18(16)13-14-7-2-1-3-8-14/h1-5,7-9,11,20H,6,10,12-13H2,(H,21,22). The highest BCUT2D eigenvalue weighted by Crippen LogP contribution is 2.26. The molecular weight excluding hydrogens is 274 g/mol. The number of aromatic nitrogens is 1. The Morgan fingerprint density at radius 2 is 1.73 bits per heavy atom. The van der Waals surface area contributed by atoms with E-state index in [2.05, 4.69) is 29.2 Å². The van der Waals surface area contributed by atoms with Gasteiger partial charge < -0.3 is 10.1 Å². The lowest BCUT2D eigenvalue weighted by molar-refractivity contribution is -0.137. The number of fused-ring (bicyclic) bond motifs is 1. The number of aliphatic carboxylic acids is 1. The minimum Gasteiger partial charge on any atom is -0.481 e. The van der Waals surface area contributed by atoms with Gasteiger partial charge in [-0.1, -0.05) is 48.5 Å². The van der Waals surface area contributed by atoms with Crippen LogP contribution in [0.4, 0.5) is 0 Å². The summed E-state index contributed by atoms with van der Waals surface area (Å²) in [6, 6.07) is 18.6. The zero-order valence-electron chi connectivity index (χ0n) is 12.4. The molecule has 0 aliphatic heterocycles. The molecule has 3 heteroatoms. The van der Waals surface area contributed by atoms with Gasteiger partial charge in [0.05, 0.1) is 0 Å². The first-order chi connectivity index (χ1) is 10.7. The molecule has 0 atom stereocenters. The van der Waals surface area contributed by atoms with Gasteiger partial charge in [0.25, 0.3) is 0 Å². The largest absolute Gasteiger partial charge is 0.481 e. The molecule has 2 N–H and O–H groups in total. The fourth-order valence-corrected chi connectivity index (χ4v) is 2.91. The van der Waals surface area contributed by atoms with Crippen LogP contribution in [-0.4, -0.2) is 16.1 Å². The summed E-state index contributed by atoms with van der Waals surface area (Å²) in [4.78, 5) is 14.3. The van der Waals surface area contributed by atoms with Crippen LogP contribution >= 0.6 is 0 Å². The number of aryl methyl sites for hydroxylation is 1. The van der Waals surface area contributed by atoms with E-state index >= 15 is 0 Å². The van der Waals surface area contributed by atoms with Crippen LogP contribution in [0.1, 0.15) is 29.7 Å². The van der Waals surface area contributed by atoms with Gasteiger partial charge in [0.2, 0.25) is 0 Å². The maximum Gasteiger partial charge on any atom is 0.303 e. The summed E-state index contributed by atoms with van der Waals surface area (Å²) in [5.41, 5.74) is 4.82. The topological polar surface area (TPSA) is 53.1 Å². The van der Waals surface area contributed by atoms with Gasteiger partial charge in [-0.25, -0.2) is 0 Å². The smallest absolute Gasteiger partial charge is 0.303 e. The summed E-state index contributed by atoms with van der Waals surface area (Å²) in [6.07, 6.45) is 2.51. The molecule has 0 saturated carbocycles. The Hall–Kier alpha value is -2.55. The number of carbonyl (C=O) groups is 1. The van der Waals surface area contributed by atoms with Gasteiger partial charge >= 0.3 is 5.97 Å². The van der Waals surface area contributed by atoms with Gasteiger partial charge in [0.15, 0.2) is 0 Å². The molecule has 112 valence electrons. The molecular formula is C19H19NO2. The van der Waals surface area contributed by atoms with E-state index in [1.165, 1.54) is 22.2 Å². The normalized spacial score (nSPS) is 10.9. The number of carboxylic acids is 1. The molecule has 0 aliphatic rings. The first-order valence-electron chi connectivity index (χ1n) is 7.58. The van der Waals surface area contributed by atoms with Crippen LogP contribution in [0.2, 0.25) is 0 Å². The Morgan fingerprint density at radius 3 is 2.50 bits per heavy atom. The van der Waals surface area contributed by atoms with Gasteiger partial charge in [-0.3, -0.25) is 4.79 Å². The molecule has 0 saturated heterocycles. The molecule has 0 aliphatic carbocycles. The van der Waals surface area contributed by atoms with E-state index in [1.54, 1.807) is 0 Å². The molecule has 0 amide bonds. The summed E-state index contributed by atoms with van der Waals surface area (Å²) < 4.78 is 0. The number of nitrogens with one attached hydrogen (secondary N) is 1. The van der Waals surface area contributed by atoms with Gasteiger partial charge in [0.1, 0.15) is 0 Å². The number of para-hydroxylation sites is 1. The van der Waals surface area contributed by atoms with E-state index in [1.807, 2.05) is 30.3 Å². The van der Waals surface area contributed by atoms with Gasteiger partial charge in [-0.2, -0.15) is 0 Å². The Balaban J connectivity index is 1.91. The molecule has 3 rings (SSSR count). The lowest BCUT2D eigenvalue weighted by Crippen LogP contribution is -1.98. The second-order valence-electron chi connectivity index (χ2n) is 5.54. The Morgan fingerprint density at radius 1 is 1.00 bits per heavy atom. The third-order valence-corrected chi connectivity index (χ3v) is 3.94. The molecule has 0 bridgehead atoms. The highest BCUT2D eigenvalue weighted by molar-refractivity contribution is 5.84. The average molecular weight is 293 g/mol. The average Bonchev–Trinajstić information content (AvgIpc) is 2.86. The molecule has 0 radical (unpaired) electrons. The molecule has 1 aromatic heterocycles. The maximum atomic E-state index is 10.8. The minimum atomic E-state index is -0.732. The van der Waals surface area contributed by atoms with Gasteiger partial charge in [-0.15, -0.1) is 0 Å². The van der Waals surface area contributed by atoms with Crippen molar-refractivity contribution in [1.82, 2.24) is 4.98 Å². The molecule has 22 heavy (non-hydrogen) atoms. The molecule has 3 nitrogen and oxygen atoms in total. The Bertz CT molecular complexity index is 774. The molecule has 0 fully saturated rings. The van der Waals surface area contributed by atoms with E-state index < -0.39 is 5.97 Å². The molecule has 2 aromatic carbocycles. The number of aromatic amines is 1. The highest BCUT2D eigenvalue weighted by Gasteiger charge is 2.12. The van der Waals surface area contributed by atoms with Crippen LogP contribution < -0.4 is 0 Å². The number of benzene rings is 2. The van der Waals surface area contributed by atoms with Crippen molar-refractivity contribution < 1.29 is 9.90 Å². The Labute approximate surface area is 129 Å². The summed E-state index contributed by atoms with van der Waals surface area (Å²) in [5, 5.41) is 10.1. The fourth-order valence-electron chi connectivity index (χ4n) is 2.91. The van der Waals surface area contributed by atoms with Crippen molar-refractivity contribution in [2.45, 2.75) is 25.7 Å². The molecule has 3 aromatic rings. The van der Waals surface area contributed by atoms with Crippen molar-refractivity contribution in [3.63, 3.8) is 0 Å². The molecule has 1 heterocycles. The summed E-state index contributed by atoms with van der Waals surface area (Å²) in [5.74, 6) is -0.732. The monoisotopic (exact) mass is 293 g/mol. The summed E-state index contributed by atoms with van der Waals surface area (Å²) in [6.45, 7) is 0. The molecule has 0 spiro atoms. The van der Waals surface area contributed by atoms with Crippen LogP contribution in [0.15, 0.2) is 54.6 Å². The predicted octanol–water partition coefficient (Wildman–Crippen LogP) is 4.17. The van der Waals surface area contributed by atoms with Crippen LogP contribution in [0.5, 0.6) is 0 Å². The lowest BCUT2D eigenvalue weighted by Gasteiger charge is -2.05. The van der Waals surface area contributed by atoms with Gasteiger partial charge in [-0.05, 0) is 30.0 Å². The predicted molar refractivity (Wildman–Crippen MR) is 88.1 cm³/mol. The van der Waals surface area contributed by atoms with Crippen LogP contribution in [-0.2, 0) is 17.6 Å². The van der Waals surface area contributed by atoms with Crippen molar-refractivity contribution in [1.29, 1.82) is 0 Å². The van der Waals surface area contributed by atoms with E-state index in [4.69, 9.17) is 5.11 Å². The number of carboxylic acid groups (broad SMARTS) is 1. The molecule has 0 unspecified atom stereocenters. The number of hydrogen-bond acceptors (Lipinski definition) is 1. The number of H-pyrrole nitrogens is 1. The first kappa shape index (κ1) is 14.4. The van der Waals surface area contributed by atoms with E-state index in [0.717, 1.165) is 18.4 Å². The maximum absolute atomic E-state index is 10.8. The van der Waals surface area contributed by atoms with E-state index in [-0.39, 0.29) is 6.42 Å². The Kier molecular flexibility index (Phi) is 4.24. The van der Waals surface area contributed by atoms with Crippen LogP contribution in [0, 0.1) is 0 Å². The van der Waals surface area contributed by atoms with Crippen molar-refractivity contribution in [2.75, 3.05) is 0 Å². The van der Waals surface area contributed by atoms with E-state index in [9.17, 15) is 4.79 Å². The third-order valence-electron chi connectivity index (χ3n) is 3.94. The zero-order valence-corrected chi connectivity index (χ0v) is 12.4. The zero-order chi connectivity index (χ0) is 15.4. The first-order valence-corrected chi connectivity index (χ1v) is 7.58. The highest BCUT2D eigenvalue weighted by atomic mass is 16.4. The van der Waals surface area contributed by atoms with Crippen molar-refractivity contribution in [3.8, 4) is 0 Å². The van der Waals surface area contributed by atoms with Crippen LogP contribution in [0.25, 0.3) is 10.9 Å². The van der Waals surface area contributed by atoms with Crippen molar-refractivity contribution in [3.05, 3.63) is 71.4 Å². The van der Waals surface area contributed by atoms with Crippen LogP contribution in [0.3, 0.4) is 0 Å². The lowest BCUT2D eigenvalue weighted by atomic mass is 10.0. The van der Waals surface area contributed by atoms with E-state index in [0.29, 0.717) is 6.42 Å². The fraction of sp³-hybridized carbons (Fsp3) is 0.211.